The molecule has 0 bridgehead atoms. The van der Waals surface area contributed by atoms with Gasteiger partial charge in [0.2, 0.25) is 0 Å². The van der Waals surface area contributed by atoms with Crippen LogP contribution in [-0.2, 0) is 4.57 Å². The van der Waals surface area contributed by atoms with E-state index in [0.717, 1.165) is 0 Å². The van der Waals surface area contributed by atoms with Gasteiger partial charge in [-0.2, -0.15) is 0 Å². The van der Waals surface area contributed by atoms with Crippen LogP contribution in [-0.4, -0.2) is 12.2 Å². The average Bonchev–Trinajstić information content (AvgIpc) is 2.18. The van der Waals surface area contributed by atoms with Crippen LogP contribution in [0.3, 0.4) is 0 Å². The van der Waals surface area contributed by atoms with Crippen LogP contribution in [0.15, 0.2) is 30.3 Å². The highest BCUT2D eigenvalue weighted by Crippen LogP contribution is 2.42. The molecule has 4 heteroatoms. The summed E-state index contributed by atoms with van der Waals surface area (Å²) >= 11 is 0. The Bertz CT molecular complexity index is 338. The zero-order valence-electron chi connectivity index (χ0n) is 9.43. The number of nitrogens with one attached hydrogen (secondary N) is 1. The van der Waals surface area contributed by atoms with E-state index in [0.29, 0.717) is 11.9 Å². The lowest BCUT2D eigenvalue weighted by atomic mass is 10.3. The summed E-state index contributed by atoms with van der Waals surface area (Å²) in [4.78, 5) is 0. The number of hydrogen-bond acceptors (Lipinski definition) is 2. The fraction of sp³-hybridized carbons (Fsp3) is 0.455. The molecule has 0 amide bonds. The largest absolute Gasteiger partial charge is 0.433 e. The maximum atomic E-state index is 12.2. The summed E-state index contributed by atoms with van der Waals surface area (Å²) in [5.74, 6) is 0.649. The third-order valence-corrected chi connectivity index (χ3v) is 4.12. The first-order valence-electron chi connectivity index (χ1n) is 5.17. The Kier molecular flexibility index (Phi) is 4.37. The molecular weight excluding hydrogens is 209 g/mol. The topological polar surface area (TPSA) is 38.3 Å². The van der Waals surface area contributed by atoms with Crippen LogP contribution < -0.4 is 9.61 Å². The molecule has 1 rings (SSSR count). The van der Waals surface area contributed by atoms with Crippen LogP contribution >= 0.6 is 7.52 Å². The molecule has 15 heavy (non-hydrogen) atoms. The van der Waals surface area contributed by atoms with Crippen molar-refractivity contribution in [3.8, 4) is 5.75 Å². The predicted octanol–water partition coefficient (Wildman–Crippen LogP) is 3.28. The average molecular weight is 227 g/mol. The van der Waals surface area contributed by atoms with E-state index in [-0.39, 0.29) is 6.04 Å². The lowest BCUT2D eigenvalue weighted by molar-refractivity contribution is 0.460. The molecule has 0 aromatic heterocycles. The monoisotopic (exact) mass is 227 g/mol. The molecule has 0 spiro atoms. The molecule has 84 valence electrons. The highest BCUT2D eigenvalue weighted by atomic mass is 31.2. The molecule has 0 heterocycles. The number of benzene rings is 1. The van der Waals surface area contributed by atoms with Crippen molar-refractivity contribution in [1.29, 1.82) is 0 Å². The van der Waals surface area contributed by atoms with Crippen molar-refractivity contribution in [2.45, 2.75) is 26.8 Å². The van der Waals surface area contributed by atoms with Crippen LogP contribution in [0.5, 0.6) is 5.75 Å². The van der Waals surface area contributed by atoms with Crippen molar-refractivity contribution in [2.24, 2.45) is 0 Å². The number of hydrogen-bond donors (Lipinski definition) is 1. The van der Waals surface area contributed by atoms with Crippen LogP contribution in [0.25, 0.3) is 0 Å². The van der Waals surface area contributed by atoms with Gasteiger partial charge in [0.1, 0.15) is 5.75 Å². The zero-order chi connectivity index (χ0) is 11.3. The Balaban J connectivity index is 2.73. The maximum absolute atomic E-state index is 12.2. The molecule has 0 saturated heterocycles. The van der Waals surface area contributed by atoms with Gasteiger partial charge < -0.3 is 4.52 Å². The molecule has 0 fully saturated rings. The third-order valence-electron chi connectivity index (χ3n) is 1.87. The number of rotatable bonds is 5. The van der Waals surface area contributed by atoms with E-state index in [1.165, 1.54) is 0 Å². The normalized spacial score (nSPS) is 14.9. The molecule has 1 N–H and O–H groups in total. The Morgan fingerprint density at radius 2 is 1.93 bits per heavy atom. The van der Waals surface area contributed by atoms with Crippen molar-refractivity contribution in [3.63, 3.8) is 0 Å². The van der Waals surface area contributed by atoms with Crippen molar-refractivity contribution in [1.82, 2.24) is 5.09 Å². The van der Waals surface area contributed by atoms with Gasteiger partial charge in [-0.3, -0.25) is 4.57 Å². The van der Waals surface area contributed by atoms with Crippen molar-refractivity contribution in [2.75, 3.05) is 6.16 Å². The molecule has 0 aliphatic carbocycles. The van der Waals surface area contributed by atoms with Gasteiger partial charge in [0.15, 0.2) is 0 Å². The second-order valence-corrected chi connectivity index (χ2v) is 6.10. The minimum absolute atomic E-state index is 0.152. The van der Waals surface area contributed by atoms with Gasteiger partial charge in [0.25, 0.3) is 0 Å². The fourth-order valence-corrected chi connectivity index (χ4v) is 2.84. The smallest absolute Gasteiger partial charge is 0.316 e. The quantitative estimate of drug-likeness (QED) is 0.784. The molecule has 0 radical (unpaired) electrons. The molecule has 1 unspecified atom stereocenters. The molecule has 0 saturated carbocycles. The minimum atomic E-state index is -2.73. The van der Waals surface area contributed by atoms with Crippen molar-refractivity contribution >= 4 is 7.52 Å². The summed E-state index contributed by atoms with van der Waals surface area (Å²) in [6.07, 6.45) is 0.486. The summed E-state index contributed by atoms with van der Waals surface area (Å²) < 4.78 is 17.7. The standard InChI is InChI=1S/C11H18NO2P/c1-4-15(13,12-10(2)3)14-11-8-6-5-7-9-11/h5-10H,4H2,1-3H3,(H,12,13). The van der Waals surface area contributed by atoms with Gasteiger partial charge in [-0.1, -0.05) is 25.1 Å². The number of para-hydroxylation sites is 1. The second kappa shape index (κ2) is 5.34. The SMILES string of the molecule is CCP(=O)(NC(C)C)Oc1ccccc1. The fourth-order valence-electron chi connectivity index (χ4n) is 1.23. The van der Waals surface area contributed by atoms with Gasteiger partial charge in [0, 0.05) is 12.2 Å². The molecule has 1 aromatic carbocycles. The van der Waals surface area contributed by atoms with Gasteiger partial charge in [-0.25, -0.2) is 5.09 Å². The second-order valence-electron chi connectivity index (χ2n) is 3.68. The van der Waals surface area contributed by atoms with Gasteiger partial charge in [-0.15, -0.1) is 0 Å². The first-order valence-corrected chi connectivity index (χ1v) is 6.98. The van der Waals surface area contributed by atoms with E-state index in [1.54, 1.807) is 0 Å². The minimum Gasteiger partial charge on any atom is -0.433 e. The van der Waals surface area contributed by atoms with E-state index >= 15 is 0 Å². The molecular formula is C11H18NO2P. The molecule has 0 aliphatic rings. The summed E-state index contributed by atoms with van der Waals surface area (Å²) in [5.41, 5.74) is 0. The summed E-state index contributed by atoms with van der Waals surface area (Å²) in [6.45, 7) is 5.77. The lowest BCUT2D eigenvalue weighted by Gasteiger charge is -2.21. The predicted molar refractivity (Wildman–Crippen MR) is 63.5 cm³/mol. The van der Waals surface area contributed by atoms with Crippen LogP contribution in [0.4, 0.5) is 0 Å². The van der Waals surface area contributed by atoms with Gasteiger partial charge in [-0.05, 0) is 26.0 Å². The van der Waals surface area contributed by atoms with Gasteiger partial charge >= 0.3 is 7.52 Å². The molecule has 1 atom stereocenters. The molecule has 0 aliphatic heterocycles. The van der Waals surface area contributed by atoms with Gasteiger partial charge in [0.05, 0.1) is 0 Å². The maximum Gasteiger partial charge on any atom is 0.316 e. The summed E-state index contributed by atoms with van der Waals surface area (Å²) in [5, 5.41) is 2.99. The van der Waals surface area contributed by atoms with Crippen molar-refractivity contribution < 1.29 is 9.09 Å². The highest BCUT2D eigenvalue weighted by Gasteiger charge is 2.22. The molecule has 1 aromatic rings. The Hall–Kier alpha value is -0.790. The first-order chi connectivity index (χ1) is 7.06. The van der Waals surface area contributed by atoms with E-state index in [9.17, 15) is 4.57 Å². The highest BCUT2D eigenvalue weighted by molar-refractivity contribution is 7.57. The lowest BCUT2D eigenvalue weighted by Crippen LogP contribution is -2.23. The van der Waals surface area contributed by atoms with Crippen molar-refractivity contribution in [3.05, 3.63) is 30.3 Å². The van der Waals surface area contributed by atoms with E-state index < -0.39 is 7.52 Å². The van der Waals surface area contributed by atoms with Crippen LogP contribution in [0.1, 0.15) is 20.8 Å². The summed E-state index contributed by atoms with van der Waals surface area (Å²) in [7, 11) is -2.73. The first kappa shape index (κ1) is 12.3. The Morgan fingerprint density at radius 3 is 2.40 bits per heavy atom. The van der Waals surface area contributed by atoms with E-state index in [2.05, 4.69) is 5.09 Å². The van der Waals surface area contributed by atoms with Crippen LogP contribution in [0, 0.1) is 0 Å². The summed E-state index contributed by atoms with van der Waals surface area (Å²) in [6, 6.07) is 9.41. The van der Waals surface area contributed by atoms with E-state index in [1.807, 2.05) is 51.1 Å². The zero-order valence-corrected chi connectivity index (χ0v) is 10.3. The molecule has 3 nitrogen and oxygen atoms in total. The third kappa shape index (κ3) is 4.06. The van der Waals surface area contributed by atoms with E-state index in [4.69, 9.17) is 4.52 Å². The van der Waals surface area contributed by atoms with Crippen LogP contribution in [0.2, 0.25) is 0 Å². The Labute approximate surface area is 91.4 Å². The Morgan fingerprint density at radius 1 is 1.33 bits per heavy atom.